The van der Waals surface area contributed by atoms with Gasteiger partial charge in [-0.1, -0.05) is 11.6 Å². The molecule has 0 saturated heterocycles. The third kappa shape index (κ3) is 3.88. The molecule has 23 heavy (non-hydrogen) atoms. The highest BCUT2D eigenvalue weighted by Crippen LogP contribution is 2.17. The number of carboxylic acid groups (broad SMARTS) is 1. The highest BCUT2D eigenvalue weighted by Gasteiger charge is 2.23. The van der Waals surface area contributed by atoms with Crippen LogP contribution in [0.5, 0.6) is 0 Å². The molecule has 122 valence electrons. The first-order valence-corrected chi connectivity index (χ1v) is 7.15. The maximum absolute atomic E-state index is 12.2. The molecule has 7 nitrogen and oxygen atoms in total. The van der Waals surface area contributed by atoms with Crippen molar-refractivity contribution >= 4 is 23.5 Å². The van der Waals surface area contributed by atoms with Gasteiger partial charge in [0, 0.05) is 12.1 Å². The number of rotatable bonds is 6. The van der Waals surface area contributed by atoms with Crippen LogP contribution in [0.4, 0.5) is 0 Å². The lowest BCUT2D eigenvalue weighted by atomic mass is 10.2. The third-order valence-corrected chi connectivity index (χ3v) is 3.51. The highest BCUT2D eigenvalue weighted by molar-refractivity contribution is 6.30. The number of carboxylic acids is 1. The molecule has 1 unspecified atom stereocenters. The summed E-state index contributed by atoms with van der Waals surface area (Å²) in [6, 6.07) is 5.86. The van der Waals surface area contributed by atoms with E-state index in [1.807, 2.05) is 0 Å². The van der Waals surface area contributed by atoms with Crippen LogP contribution in [0.2, 0.25) is 5.02 Å². The van der Waals surface area contributed by atoms with Gasteiger partial charge < -0.3 is 15.2 Å². The zero-order valence-corrected chi connectivity index (χ0v) is 13.4. The molecule has 0 aliphatic carbocycles. The summed E-state index contributed by atoms with van der Waals surface area (Å²) in [4.78, 5) is 23.3. The Morgan fingerprint density at radius 1 is 1.39 bits per heavy atom. The first-order chi connectivity index (χ1) is 10.9. The zero-order chi connectivity index (χ0) is 17.0. The Bertz CT molecular complexity index is 712. The Labute approximate surface area is 137 Å². The Morgan fingerprint density at radius 2 is 2.04 bits per heavy atom. The fourth-order valence-corrected chi connectivity index (χ4v) is 2.18. The molecule has 0 bridgehead atoms. The Balaban J connectivity index is 2.22. The van der Waals surface area contributed by atoms with Crippen LogP contribution in [-0.2, 0) is 9.53 Å². The third-order valence-electron chi connectivity index (χ3n) is 3.26. The Hall–Kier alpha value is -2.38. The quantitative estimate of drug-likeness (QED) is 0.836. The van der Waals surface area contributed by atoms with Crippen molar-refractivity contribution < 1.29 is 19.4 Å². The summed E-state index contributed by atoms with van der Waals surface area (Å²) in [5, 5.41) is 16.2. The standard InChI is InChI=1S/C15H16ClN3O4/c1-9-12(14(20)18-13(8-23-2)15(21)22)7-17-19(9)11-5-3-10(16)4-6-11/h3-7,13H,8H2,1-2H3,(H,18,20)(H,21,22). The van der Waals surface area contributed by atoms with Crippen molar-refractivity contribution in [3.8, 4) is 5.69 Å². The maximum Gasteiger partial charge on any atom is 0.328 e. The molecular weight excluding hydrogens is 322 g/mol. The molecular formula is C15H16ClN3O4. The van der Waals surface area contributed by atoms with E-state index in [1.165, 1.54) is 13.3 Å². The number of hydrogen-bond donors (Lipinski definition) is 2. The van der Waals surface area contributed by atoms with E-state index in [9.17, 15) is 9.59 Å². The Morgan fingerprint density at radius 3 is 2.61 bits per heavy atom. The van der Waals surface area contributed by atoms with Gasteiger partial charge in [0.05, 0.1) is 29.7 Å². The van der Waals surface area contributed by atoms with Gasteiger partial charge in [0.1, 0.15) is 0 Å². The zero-order valence-electron chi connectivity index (χ0n) is 12.6. The normalized spacial score (nSPS) is 12.0. The highest BCUT2D eigenvalue weighted by atomic mass is 35.5. The van der Waals surface area contributed by atoms with Crippen molar-refractivity contribution in [3.63, 3.8) is 0 Å². The number of carbonyl (C=O) groups is 2. The van der Waals surface area contributed by atoms with Gasteiger partial charge in [0.25, 0.3) is 5.91 Å². The van der Waals surface area contributed by atoms with Crippen molar-refractivity contribution in [2.75, 3.05) is 13.7 Å². The molecule has 1 aromatic heterocycles. The topological polar surface area (TPSA) is 93.5 Å². The van der Waals surface area contributed by atoms with E-state index >= 15 is 0 Å². The van der Waals surface area contributed by atoms with Crippen LogP contribution in [0.1, 0.15) is 16.1 Å². The molecule has 2 aromatic rings. The van der Waals surface area contributed by atoms with Crippen LogP contribution < -0.4 is 5.32 Å². The minimum absolute atomic E-state index is 0.120. The van der Waals surface area contributed by atoms with Gasteiger partial charge in [0.15, 0.2) is 6.04 Å². The lowest BCUT2D eigenvalue weighted by Crippen LogP contribution is -2.43. The van der Waals surface area contributed by atoms with E-state index in [1.54, 1.807) is 35.9 Å². The van der Waals surface area contributed by atoms with Crippen molar-refractivity contribution in [1.82, 2.24) is 15.1 Å². The predicted octanol–water partition coefficient (Wildman–Crippen LogP) is 1.66. The van der Waals surface area contributed by atoms with Gasteiger partial charge >= 0.3 is 5.97 Å². The maximum atomic E-state index is 12.2. The average Bonchev–Trinajstić information content (AvgIpc) is 2.89. The first-order valence-electron chi connectivity index (χ1n) is 6.77. The molecule has 1 aromatic carbocycles. The molecule has 0 radical (unpaired) electrons. The number of hydrogen-bond acceptors (Lipinski definition) is 4. The minimum Gasteiger partial charge on any atom is -0.480 e. The SMILES string of the molecule is COCC(NC(=O)c1cnn(-c2ccc(Cl)cc2)c1C)C(=O)O. The molecule has 0 saturated carbocycles. The van der Waals surface area contributed by atoms with E-state index in [-0.39, 0.29) is 6.61 Å². The van der Waals surface area contributed by atoms with E-state index in [0.29, 0.717) is 16.3 Å². The number of halogens is 1. The molecule has 2 N–H and O–H groups in total. The number of ether oxygens (including phenoxy) is 1. The van der Waals surface area contributed by atoms with Crippen LogP contribution in [-0.4, -0.2) is 46.5 Å². The van der Waals surface area contributed by atoms with E-state index in [0.717, 1.165) is 5.69 Å². The summed E-state index contributed by atoms with van der Waals surface area (Å²) in [5.41, 5.74) is 1.63. The monoisotopic (exact) mass is 337 g/mol. The number of benzene rings is 1. The summed E-state index contributed by atoms with van der Waals surface area (Å²) in [6.07, 6.45) is 1.39. The molecule has 0 aliphatic rings. The second kappa shape index (κ2) is 7.26. The summed E-state index contributed by atoms with van der Waals surface area (Å²) < 4.78 is 6.37. The summed E-state index contributed by atoms with van der Waals surface area (Å²) >= 11 is 5.85. The lowest BCUT2D eigenvalue weighted by Gasteiger charge is -2.13. The number of methoxy groups -OCH3 is 1. The van der Waals surface area contributed by atoms with Crippen molar-refractivity contribution in [2.45, 2.75) is 13.0 Å². The molecule has 8 heteroatoms. The summed E-state index contributed by atoms with van der Waals surface area (Å²) in [5.74, 6) is -1.69. The molecule has 1 amide bonds. The smallest absolute Gasteiger partial charge is 0.328 e. The van der Waals surface area contributed by atoms with Crippen LogP contribution in [0.15, 0.2) is 30.5 Å². The summed E-state index contributed by atoms with van der Waals surface area (Å²) in [7, 11) is 1.37. The van der Waals surface area contributed by atoms with Gasteiger partial charge in [-0.3, -0.25) is 4.79 Å². The first kappa shape index (κ1) is 17.0. The number of aliphatic carboxylic acids is 1. The fraction of sp³-hybridized carbons (Fsp3) is 0.267. The Kier molecular flexibility index (Phi) is 5.36. The van der Waals surface area contributed by atoms with Crippen LogP contribution in [0.3, 0.4) is 0 Å². The molecule has 2 rings (SSSR count). The molecule has 0 spiro atoms. The van der Waals surface area contributed by atoms with Gasteiger partial charge in [-0.2, -0.15) is 5.10 Å². The molecule has 0 aliphatic heterocycles. The van der Waals surface area contributed by atoms with E-state index < -0.39 is 17.9 Å². The van der Waals surface area contributed by atoms with E-state index in [2.05, 4.69) is 10.4 Å². The van der Waals surface area contributed by atoms with Crippen LogP contribution >= 0.6 is 11.6 Å². The van der Waals surface area contributed by atoms with Crippen LogP contribution in [0, 0.1) is 6.92 Å². The van der Waals surface area contributed by atoms with Gasteiger partial charge in [0.2, 0.25) is 0 Å². The molecule has 1 heterocycles. The summed E-state index contributed by atoms with van der Waals surface area (Å²) in [6.45, 7) is 1.61. The predicted molar refractivity (Wildman–Crippen MR) is 84.1 cm³/mol. The van der Waals surface area contributed by atoms with Gasteiger partial charge in [-0.05, 0) is 31.2 Å². The second-order valence-electron chi connectivity index (χ2n) is 4.85. The molecule has 0 fully saturated rings. The number of carbonyl (C=O) groups excluding carboxylic acids is 1. The minimum atomic E-state index is -1.16. The van der Waals surface area contributed by atoms with Gasteiger partial charge in [-0.15, -0.1) is 0 Å². The second-order valence-corrected chi connectivity index (χ2v) is 5.29. The molecule has 1 atom stereocenters. The average molecular weight is 338 g/mol. The largest absolute Gasteiger partial charge is 0.480 e. The van der Waals surface area contributed by atoms with Crippen LogP contribution in [0.25, 0.3) is 5.69 Å². The number of nitrogens with one attached hydrogen (secondary N) is 1. The number of aromatic nitrogens is 2. The van der Waals surface area contributed by atoms with Crippen molar-refractivity contribution in [2.24, 2.45) is 0 Å². The fourth-order valence-electron chi connectivity index (χ4n) is 2.05. The van der Waals surface area contributed by atoms with Crippen molar-refractivity contribution in [3.05, 3.63) is 46.7 Å². The number of nitrogens with zero attached hydrogens (tertiary/aromatic N) is 2. The van der Waals surface area contributed by atoms with Crippen molar-refractivity contribution in [1.29, 1.82) is 0 Å². The lowest BCUT2D eigenvalue weighted by molar-refractivity contribution is -0.140. The van der Waals surface area contributed by atoms with Gasteiger partial charge in [-0.25, -0.2) is 9.48 Å². The number of amides is 1. The van der Waals surface area contributed by atoms with E-state index in [4.69, 9.17) is 21.4 Å².